The van der Waals surface area contributed by atoms with Gasteiger partial charge in [-0.2, -0.15) is 5.10 Å². The first-order valence-corrected chi connectivity index (χ1v) is 10.4. The van der Waals surface area contributed by atoms with Crippen LogP contribution in [0.2, 0.25) is 0 Å². The molecular weight excluding hydrogens is 395 g/mol. The number of hydrogen-bond donors (Lipinski definition) is 0. The highest BCUT2D eigenvalue weighted by Gasteiger charge is 2.41. The van der Waals surface area contributed by atoms with E-state index in [4.69, 9.17) is 0 Å². The van der Waals surface area contributed by atoms with Crippen LogP contribution in [-0.4, -0.2) is 57.5 Å². The molecule has 3 aromatic rings. The topological polar surface area (TPSA) is 66.6 Å². The molecule has 8 heteroatoms. The summed E-state index contributed by atoms with van der Waals surface area (Å²) in [4.78, 5) is 26.9. The van der Waals surface area contributed by atoms with Crippen molar-refractivity contribution in [3.63, 3.8) is 0 Å². The van der Waals surface area contributed by atoms with Gasteiger partial charge in [0.25, 0.3) is 0 Å². The molecule has 0 aliphatic carbocycles. The van der Waals surface area contributed by atoms with E-state index in [1.165, 1.54) is 12.1 Å². The van der Waals surface area contributed by atoms with Crippen molar-refractivity contribution < 1.29 is 9.18 Å². The Labute approximate surface area is 179 Å². The molecule has 5 rings (SSSR count). The molecule has 2 aromatic heterocycles. The Morgan fingerprint density at radius 3 is 2.48 bits per heavy atom. The second-order valence-electron chi connectivity index (χ2n) is 7.85. The summed E-state index contributed by atoms with van der Waals surface area (Å²) in [7, 11) is 0. The summed E-state index contributed by atoms with van der Waals surface area (Å²) in [6, 6.07) is 13.7. The maximum Gasteiger partial charge on any atom is 0.234 e. The molecule has 2 aliphatic rings. The van der Waals surface area contributed by atoms with Crippen molar-refractivity contribution in [2.24, 2.45) is 10.9 Å². The molecule has 1 saturated heterocycles. The van der Waals surface area contributed by atoms with Crippen molar-refractivity contribution >= 4 is 23.1 Å². The molecule has 0 bridgehead atoms. The highest BCUT2D eigenvalue weighted by atomic mass is 19.1. The largest absolute Gasteiger partial charge is 0.368 e. The van der Waals surface area contributed by atoms with Gasteiger partial charge in [0, 0.05) is 49.8 Å². The SMILES string of the molecule is CC1=Nc2ccnn2C(c2ccccn2)C1C(=O)N1CCN(c2ccc(F)cc2)CC1. The summed E-state index contributed by atoms with van der Waals surface area (Å²) >= 11 is 0. The van der Waals surface area contributed by atoms with Gasteiger partial charge < -0.3 is 9.80 Å². The van der Waals surface area contributed by atoms with Crippen LogP contribution in [0.25, 0.3) is 0 Å². The maximum absolute atomic E-state index is 13.7. The smallest absolute Gasteiger partial charge is 0.234 e. The molecule has 2 unspecified atom stereocenters. The van der Waals surface area contributed by atoms with Crippen LogP contribution in [0.1, 0.15) is 18.7 Å². The minimum atomic E-state index is -0.459. The number of carbonyl (C=O) groups excluding carboxylic acids is 1. The van der Waals surface area contributed by atoms with Crippen LogP contribution in [0.4, 0.5) is 15.9 Å². The van der Waals surface area contributed by atoms with Gasteiger partial charge in [-0.15, -0.1) is 0 Å². The van der Waals surface area contributed by atoms with E-state index in [2.05, 4.69) is 20.0 Å². The lowest BCUT2D eigenvalue weighted by Crippen LogP contribution is -2.53. The first-order chi connectivity index (χ1) is 15.1. The average Bonchev–Trinajstić information content (AvgIpc) is 3.27. The Morgan fingerprint density at radius 2 is 1.77 bits per heavy atom. The summed E-state index contributed by atoms with van der Waals surface area (Å²) in [6.07, 6.45) is 3.44. The number of fused-ring (bicyclic) bond motifs is 1. The number of rotatable bonds is 3. The molecule has 158 valence electrons. The number of anilines is 1. The van der Waals surface area contributed by atoms with Gasteiger partial charge in [-0.1, -0.05) is 6.07 Å². The lowest BCUT2D eigenvalue weighted by atomic mass is 9.89. The molecule has 2 atom stereocenters. The highest BCUT2D eigenvalue weighted by Crippen LogP contribution is 2.36. The first-order valence-electron chi connectivity index (χ1n) is 10.4. The van der Waals surface area contributed by atoms with Crippen molar-refractivity contribution in [3.05, 3.63) is 72.4 Å². The van der Waals surface area contributed by atoms with Gasteiger partial charge in [0.15, 0.2) is 5.82 Å². The van der Waals surface area contributed by atoms with Crippen molar-refractivity contribution in [1.82, 2.24) is 19.7 Å². The molecule has 7 nitrogen and oxygen atoms in total. The van der Waals surface area contributed by atoms with Gasteiger partial charge in [-0.3, -0.25) is 9.78 Å². The fourth-order valence-electron chi connectivity index (χ4n) is 4.42. The molecular formula is C23H23FN6O. The quantitative estimate of drug-likeness (QED) is 0.656. The van der Waals surface area contributed by atoms with Crippen LogP contribution in [0, 0.1) is 11.7 Å². The zero-order valence-electron chi connectivity index (χ0n) is 17.2. The number of aliphatic imine (C=N–C) groups is 1. The summed E-state index contributed by atoms with van der Waals surface area (Å²) in [5.74, 6) is 0.0676. The summed E-state index contributed by atoms with van der Waals surface area (Å²) in [6.45, 7) is 4.49. The predicted molar refractivity (Wildman–Crippen MR) is 116 cm³/mol. The van der Waals surface area contributed by atoms with Crippen molar-refractivity contribution in [3.8, 4) is 0 Å². The van der Waals surface area contributed by atoms with Crippen molar-refractivity contribution in [1.29, 1.82) is 0 Å². The van der Waals surface area contributed by atoms with E-state index in [1.54, 1.807) is 29.2 Å². The van der Waals surface area contributed by atoms with Gasteiger partial charge >= 0.3 is 0 Å². The molecule has 4 heterocycles. The number of hydrogen-bond acceptors (Lipinski definition) is 5. The van der Waals surface area contributed by atoms with Gasteiger partial charge in [0.1, 0.15) is 17.8 Å². The van der Waals surface area contributed by atoms with Gasteiger partial charge in [-0.05, 0) is 43.3 Å². The van der Waals surface area contributed by atoms with E-state index in [0.717, 1.165) is 22.9 Å². The van der Waals surface area contributed by atoms with Crippen LogP contribution in [0.5, 0.6) is 0 Å². The molecule has 0 saturated carbocycles. The number of carbonyl (C=O) groups is 1. The number of benzene rings is 1. The zero-order chi connectivity index (χ0) is 21.4. The fourth-order valence-corrected chi connectivity index (χ4v) is 4.42. The number of piperazine rings is 1. The van der Waals surface area contributed by atoms with Crippen molar-refractivity contribution in [2.45, 2.75) is 13.0 Å². The number of pyridine rings is 1. The number of halogens is 1. The van der Waals surface area contributed by atoms with Crippen LogP contribution < -0.4 is 4.90 Å². The highest BCUT2D eigenvalue weighted by molar-refractivity contribution is 6.05. The van der Waals surface area contributed by atoms with E-state index >= 15 is 0 Å². The standard InChI is InChI=1S/C23H23FN6O/c1-16-21(22(19-4-2-3-10-25-19)30-20(27-16)9-11-26-30)23(31)29-14-12-28(13-15-29)18-7-5-17(24)6-8-18/h2-11,21-22H,12-15H2,1H3. The summed E-state index contributed by atoms with van der Waals surface area (Å²) in [5, 5.41) is 4.45. The molecule has 31 heavy (non-hydrogen) atoms. The summed E-state index contributed by atoms with van der Waals surface area (Å²) < 4.78 is 15.0. The Balaban J connectivity index is 1.38. The Kier molecular flexibility index (Phi) is 4.97. The second-order valence-corrected chi connectivity index (χ2v) is 7.85. The van der Waals surface area contributed by atoms with Crippen LogP contribution >= 0.6 is 0 Å². The molecule has 0 radical (unpaired) electrons. The normalized spacial score (nSPS) is 20.9. The Bertz CT molecular complexity index is 1100. The Hall–Kier alpha value is -3.55. The van der Waals surface area contributed by atoms with E-state index in [-0.39, 0.29) is 17.8 Å². The van der Waals surface area contributed by atoms with Gasteiger partial charge in [0.05, 0.1) is 11.9 Å². The lowest BCUT2D eigenvalue weighted by molar-refractivity contribution is -0.134. The lowest BCUT2D eigenvalue weighted by Gasteiger charge is -2.39. The molecule has 1 fully saturated rings. The van der Waals surface area contributed by atoms with Gasteiger partial charge in [0.2, 0.25) is 5.91 Å². The number of aromatic nitrogens is 3. The predicted octanol–water partition coefficient (Wildman–Crippen LogP) is 3.08. The number of amides is 1. The molecule has 1 aromatic carbocycles. The van der Waals surface area contributed by atoms with E-state index in [1.807, 2.05) is 36.1 Å². The molecule has 0 N–H and O–H groups in total. The van der Waals surface area contributed by atoms with Crippen LogP contribution in [0.15, 0.2) is 65.9 Å². The number of nitrogens with zero attached hydrogens (tertiary/aromatic N) is 6. The average molecular weight is 418 g/mol. The van der Waals surface area contributed by atoms with Crippen molar-refractivity contribution in [2.75, 3.05) is 31.1 Å². The third-order valence-corrected chi connectivity index (χ3v) is 6.01. The maximum atomic E-state index is 13.7. The monoisotopic (exact) mass is 418 g/mol. The minimum Gasteiger partial charge on any atom is -0.368 e. The zero-order valence-corrected chi connectivity index (χ0v) is 17.2. The van der Waals surface area contributed by atoms with E-state index < -0.39 is 5.92 Å². The summed E-state index contributed by atoms with van der Waals surface area (Å²) in [5.41, 5.74) is 2.54. The van der Waals surface area contributed by atoms with Gasteiger partial charge in [-0.25, -0.2) is 14.1 Å². The Morgan fingerprint density at radius 1 is 1.00 bits per heavy atom. The van der Waals surface area contributed by atoms with E-state index in [9.17, 15) is 9.18 Å². The fraction of sp³-hybridized carbons (Fsp3) is 0.304. The van der Waals surface area contributed by atoms with Crippen LogP contribution in [0.3, 0.4) is 0 Å². The third kappa shape index (κ3) is 3.58. The third-order valence-electron chi connectivity index (χ3n) is 6.01. The first kappa shape index (κ1) is 19.4. The van der Waals surface area contributed by atoms with Crippen LogP contribution in [-0.2, 0) is 4.79 Å². The molecule has 1 amide bonds. The van der Waals surface area contributed by atoms with E-state index in [0.29, 0.717) is 26.2 Å². The second kappa shape index (κ2) is 7.94. The molecule has 0 spiro atoms. The molecule has 2 aliphatic heterocycles. The minimum absolute atomic E-state index is 0.0387.